The molecule has 3 heteroatoms. The van der Waals surface area contributed by atoms with Crippen molar-refractivity contribution in [1.29, 1.82) is 0 Å². The number of hydrogen-bond donors (Lipinski definition) is 1. The van der Waals surface area contributed by atoms with Crippen molar-refractivity contribution < 1.29 is 0 Å². The van der Waals surface area contributed by atoms with Crippen LogP contribution < -0.4 is 5.32 Å². The number of halogens is 2. The Labute approximate surface area is 133 Å². The van der Waals surface area contributed by atoms with Gasteiger partial charge in [0.2, 0.25) is 0 Å². The smallest absolute Gasteiger partial charge is 0.0449 e. The van der Waals surface area contributed by atoms with Crippen LogP contribution in [0.4, 0.5) is 0 Å². The standard InChI is InChI=1S/C17H17BrClN/c1-20-17(9-12-6-7-13(18)10-16(12)19)15-8-11-4-2-3-5-14(11)15/h2-7,10,15,17,20H,8-9H2,1H3. The molecule has 0 aliphatic heterocycles. The molecular formula is C17H17BrClN. The van der Waals surface area contributed by atoms with E-state index in [1.807, 2.05) is 13.1 Å². The molecule has 0 spiro atoms. The fraction of sp³-hybridized carbons (Fsp3) is 0.294. The molecule has 0 saturated carbocycles. The molecule has 2 atom stereocenters. The molecule has 1 aliphatic rings. The Morgan fingerprint density at radius 2 is 2.10 bits per heavy atom. The van der Waals surface area contributed by atoms with Gasteiger partial charge >= 0.3 is 0 Å². The minimum atomic E-state index is 0.434. The number of hydrogen-bond acceptors (Lipinski definition) is 1. The second kappa shape index (κ2) is 5.88. The summed E-state index contributed by atoms with van der Waals surface area (Å²) < 4.78 is 1.03. The topological polar surface area (TPSA) is 12.0 Å². The van der Waals surface area contributed by atoms with Gasteiger partial charge in [-0.3, -0.25) is 0 Å². The van der Waals surface area contributed by atoms with E-state index in [0.29, 0.717) is 12.0 Å². The molecule has 0 amide bonds. The number of likely N-dealkylation sites (N-methyl/N-ethyl adjacent to an activating group) is 1. The van der Waals surface area contributed by atoms with Crippen LogP contribution in [-0.2, 0) is 12.8 Å². The first-order valence-corrected chi connectivity index (χ1v) is 8.05. The van der Waals surface area contributed by atoms with Crippen LogP contribution in [0.25, 0.3) is 0 Å². The third-order valence-corrected chi connectivity index (χ3v) is 5.05. The molecule has 0 heterocycles. The van der Waals surface area contributed by atoms with E-state index in [1.54, 1.807) is 0 Å². The minimum Gasteiger partial charge on any atom is -0.316 e. The molecule has 1 nitrogen and oxygen atoms in total. The summed E-state index contributed by atoms with van der Waals surface area (Å²) in [5.74, 6) is 0.593. The van der Waals surface area contributed by atoms with Crippen LogP contribution in [0.2, 0.25) is 5.02 Å². The Morgan fingerprint density at radius 3 is 2.80 bits per heavy atom. The second-order valence-electron chi connectivity index (χ2n) is 5.34. The molecule has 2 aromatic rings. The van der Waals surface area contributed by atoms with E-state index in [9.17, 15) is 0 Å². The highest BCUT2D eigenvalue weighted by Gasteiger charge is 2.32. The maximum atomic E-state index is 6.34. The van der Waals surface area contributed by atoms with E-state index in [0.717, 1.165) is 22.3 Å². The Hall–Kier alpha value is -0.830. The third-order valence-electron chi connectivity index (χ3n) is 4.21. The monoisotopic (exact) mass is 349 g/mol. The maximum Gasteiger partial charge on any atom is 0.0449 e. The third kappa shape index (κ3) is 2.65. The normalized spacial score (nSPS) is 18.2. The fourth-order valence-corrected chi connectivity index (χ4v) is 3.78. The lowest BCUT2D eigenvalue weighted by Gasteiger charge is -2.36. The Morgan fingerprint density at radius 1 is 1.30 bits per heavy atom. The number of rotatable bonds is 4. The lowest BCUT2D eigenvalue weighted by atomic mass is 9.72. The second-order valence-corrected chi connectivity index (χ2v) is 6.67. The Bertz CT molecular complexity index is 626. The molecule has 0 fully saturated rings. The summed E-state index contributed by atoms with van der Waals surface area (Å²) in [4.78, 5) is 0. The zero-order valence-electron chi connectivity index (χ0n) is 11.4. The highest BCUT2D eigenvalue weighted by molar-refractivity contribution is 9.10. The highest BCUT2D eigenvalue weighted by atomic mass is 79.9. The molecule has 1 N–H and O–H groups in total. The van der Waals surface area contributed by atoms with Crippen LogP contribution in [-0.4, -0.2) is 13.1 Å². The van der Waals surface area contributed by atoms with Crippen molar-refractivity contribution >= 4 is 27.5 Å². The number of benzene rings is 2. The van der Waals surface area contributed by atoms with Gasteiger partial charge in [-0.25, -0.2) is 0 Å². The van der Waals surface area contributed by atoms with Crippen molar-refractivity contribution in [3.8, 4) is 0 Å². The summed E-state index contributed by atoms with van der Waals surface area (Å²) >= 11 is 9.79. The van der Waals surface area contributed by atoms with Gasteiger partial charge in [-0.2, -0.15) is 0 Å². The first-order chi connectivity index (χ1) is 9.69. The van der Waals surface area contributed by atoms with Crippen molar-refractivity contribution in [2.45, 2.75) is 24.8 Å². The molecule has 2 aromatic carbocycles. The van der Waals surface area contributed by atoms with Gasteiger partial charge in [0, 0.05) is 21.5 Å². The molecule has 0 saturated heterocycles. The lowest BCUT2D eigenvalue weighted by molar-refractivity contribution is 0.422. The van der Waals surface area contributed by atoms with Gasteiger partial charge in [0.1, 0.15) is 0 Å². The van der Waals surface area contributed by atoms with Gasteiger partial charge in [-0.1, -0.05) is 57.9 Å². The summed E-state index contributed by atoms with van der Waals surface area (Å²) in [5.41, 5.74) is 4.18. The van der Waals surface area contributed by atoms with Crippen LogP contribution >= 0.6 is 27.5 Å². The molecule has 2 unspecified atom stereocenters. The molecule has 1 aliphatic carbocycles. The van der Waals surface area contributed by atoms with Crippen LogP contribution in [0, 0.1) is 0 Å². The Kier molecular flexibility index (Phi) is 4.16. The van der Waals surface area contributed by atoms with Gasteiger partial charge in [0.05, 0.1) is 0 Å². The first kappa shape index (κ1) is 14.1. The molecular weight excluding hydrogens is 334 g/mol. The van der Waals surface area contributed by atoms with Gasteiger partial charge < -0.3 is 5.32 Å². The van der Waals surface area contributed by atoms with E-state index in [4.69, 9.17) is 11.6 Å². The quantitative estimate of drug-likeness (QED) is 0.851. The molecule has 0 bridgehead atoms. The SMILES string of the molecule is CNC(Cc1ccc(Br)cc1Cl)C1Cc2ccccc21. The molecule has 104 valence electrons. The average molecular weight is 351 g/mol. The van der Waals surface area contributed by atoms with Crippen LogP contribution in [0.1, 0.15) is 22.6 Å². The van der Waals surface area contributed by atoms with Crippen molar-refractivity contribution in [3.05, 3.63) is 68.7 Å². The van der Waals surface area contributed by atoms with Crippen molar-refractivity contribution in [1.82, 2.24) is 5.32 Å². The molecule has 0 radical (unpaired) electrons. The molecule has 20 heavy (non-hydrogen) atoms. The maximum absolute atomic E-state index is 6.34. The van der Waals surface area contributed by atoms with Gasteiger partial charge in [0.25, 0.3) is 0 Å². The van der Waals surface area contributed by atoms with Crippen LogP contribution in [0.15, 0.2) is 46.9 Å². The van der Waals surface area contributed by atoms with Crippen molar-refractivity contribution in [2.75, 3.05) is 7.05 Å². The molecule has 0 aromatic heterocycles. The van der Waals surface area contributed by atoms with E-state index in [-0.39, 0.29) is 0 Å². The largest absolute Gasteiger partial charge is 0.316 e. The van der Waals surface area contributed by atoms with Gasteiger partial charge in [-0.15, -0.1) is 0 Å². The van der Waals surface area contributed by atoms with Crippen LogP contribution in [0.3, 0.4) is 0 Å². The fourth-order valence-electron chi connectivity index (χ4n) is 3.03. The minimum absolute atomic E-state index is 0.434. The predicted octanol–water partition coefficient (Wildman–Crippen LogP) is 4.57. The van der Waals surface area contributed by atoms with Crippen molar-refractivity contribution in [2.24, 2.45) is 0 Å². The lowest BCUT2D eigenvalue weighted by Crippen LogP contribution is -2.39. The summed E-state index contributed by atoms with van der Waals surface area (Å²) in [7, 11) is 2.04. The average Bonchev–Trinajstić information content (AvgIpc) is 2.41. The van der Waals surface area contributed by atoms with Gasteiger partial charge in [-0.05, 0) is 48.7 Å². The zero-order chi connectivity index (χ0) is 14.1. The van der Waals surface area contributed by atoms with Crippen LogP contribution in [0.5, 0.6) is 0 Å². The number of nitrogens with one attached hydrogen (secondary N) is 1. The summed E-state index contributed by atoms with van der Waals surface area (Å²) in [6.45, 7) is 0. The number of fused-ring (bicyclic) bond motifs is 1. The summed E-state index contributed by atoms with van der Waals surface area (Å²) in [6.07, 6.45) is 2.12. The summed E-state index contributed by atoms with van der Waals surface area (Å²) in [6, 6.07) is 15.3. The predicted molar refractivity (Wildman–Crippen MR) is 88.6 cm³/mol. The van der Waals surface area contributed by atoms with Crippen molar-refractivity contribution in [3.63, 3.8) is 0 Å². The van der Waals surface area contributed by atoms with Gasteiger partial charge in [0.15, 0.2) is 0 Å². The van der Waals surface area contributed by atoms with E-state index in [1.165, 1.54) is 16.7 Å². The van der Waals surface area contributed by atoms with E-state index in [2.05, 4.69) is 57.6 Å². The first-order valence-electron chi connectivity index (χ1n) is 6.88. The highest BCUT2D eigenvalue weighted by Crippen LogP contribution is 2.38. The zero-order valence-corrected chi connectivity index (χ0v) is 13.7. The molecule has 3 rings (SSSR count). The summed E-state index contributed by atoms with van der Waals surface area (Å²) in [5, 5.41) is 4.30. The van der Waals surface area contributed by atoms with E-state index < -0.39 is 0 Å². The Balaban J connectivity index is 1.79. The van der Waals surface area contributed by atoms with E-state index >= 15 is 0 Å².